The normalized spacial score (nSPS) is 10.4. The molecule has 0 aliphatic carbocycles. The van der Waals surface area contributed by atoms with Gasteiger partial charge in [-0.15, -0.1) is 0 Å². The molecule has 96 valence electrons. The molecule has 0 radical (unpaired) electrons. The average Bonchev–Trinajstić information content (AvgIpc) is 2.81. The second-order valence-corrected chi connectivity index (χ2v) is 3.83. The van der Waals surface area contributed by atoms with Crippen LogP contribution in [0.25, 0.3) is 11.5 Å². The van der Waals surface area contributed by atoms with Crippen LogP contribution in [0.2, 0.25) is 0 Å². The number of rotatable bonds is 5. The van der Waals surface area contributed by atoms with Gasteiger partial charge in [-0.25, -0.2) is 4.98 Å². The summed E-state index contributed by atoms with van der Waals surface area (Å²) in [6, 6.07) is 5.85. The topological polar surface area (TPSA) is 44.5 Å². The van der Waals surface area contributed by atoms with E-state index in [9.17, 15) is 0 Å². The summed E-state index contributed by atoms with van der Waals surface area (Å²) in [7, 11) is 0. The van der Waals surface area contributed by atoms with Crippen LogP contribution in [0.15, 0.2) is 28.8 Å². The number of benzene rings is 1. The standard InChI is InChI=1S/C14H17NO3/c1-4-16-12-7-6-11(8-10(12)3)14-15-9-13(18-14)17-5-2/h6-9H,4-5H2,1-3H3. The van der Waals surface area contributed by atoms with Crippen molar-refractivity contribution in [2.45, 2.75) is 20.8 Å². The summed E-state index contributed by atoms with van der Waals surface area (Å²) in [5.74, 6) is 1.89. The maximum absolute atomic E-state index is 5.50. The van der Waals surface area contributed by atoms with E-state index in [1.54, 1.807) is 6.20 Å². The molecule has 1 aromatic carbocycles. The van der Waals surface area contributed by atoms with Crippen LogP contribution < -0.4 is 9.47 Å². The van der Waals surface area contributed by atoms with Crippen molar-refractivity contribution in [2.75, 3.05) is 13.2 Å². The van der Waals surface area contributed by atoms with Gasteiger partial charge < -0.3 is 13.9 Å². The fourth-order valence-corrected chi connectivity index (χ4v) is 1.70. The molecule has 0 atom stereocenters. The summed E-state index contributed by atoms with van der Waals surface area (Å²) in [5, 5.41) is 0. The van der Waals surface area contributed by atoms with Gasteiger partial charge in [0.25, 0.3) is 0 Å². The van der Waals surface area contributed by atoms with E-state index >= 15 is 0 Å². The summed E-state index contributed by atoms with van der Waals surface area (Å²) in [6.07, 6.45) is 1.59. The van der Waals surface area contributed by atoms with E-state index in [0.717, 1.165) is 16.9 Å². The minimum Gasteiger partial charge on any atom is -0.494 e. The Hall–Kier alpha value is -1.97. The van der Waals surface area contributed by atoms with E-state index in [2.05, 4.69) is 4.98 Å². The zero-order chi connectivity index (χ0) is 13.0. The maximum atomic E-state index is 5.50. The van der Waals surface area contributed by atoms with Crippen molar-refractivity contribution in [2.24, 2.45) is 0 Å². The Morgan fingerprint density at radius 1 is 1.17 bits per heavy atom. The summed E-state index contributed by atoms with van der Waals surface area (Å²) >= 11 is 0. The van der Waals surface area contributed by atoms with E-state index < -0.39 is 0 Å². The van der Waals surface area contributed by atoms with Gasteiger partial charge in [0.2, 0.25) is 5.89 Å². The molecule has 0 spiro atoms. The zero-order valence-corrected chi connectivity index (χ0v) is 10.9. The van der Waals surface area contributed by atoms with Crippen molar-refractivity contribution in [3.63, 3.8) is 0 Å². The predicted molar refractivity (Wildman–Crippen MR) is 69.0 cm³/mol. The molecule has 0 unspecified atom stereocenters. The number of nitrogens with zero attached hydrogens (tertiary/aromatic N) is 1. The molecule has 0 fully saturated rings. The molecule has 0 saturated carbocycles. The van der Waals surface area contributed by atoms with Crippen molar-refractivity contribution in [1.82, 2.24) is 4.98 Å². The number of hydrogen-bond donors (Lipinski definition) is 0. The van der Waals surface area contributed by atoms with Gasteiger partial charge in [-0.05, 0) is 44.5 Å². The molecule has 0 bridgehead atoms. The van der Waals surface area contributed by atoms with Crippen LogP contribution >= 0.6 is 0 Å². The fourth-order valence-electron chi connectivity index (χ4n) is 1.70. The van der Waals surface area contributed by atoms with Crippen LogP contribution in [0.4, 0.5) is 0 Å². The van der Waals surface area contributed by atoms with Gasteiger partial charge in [-0.3, -0.25) is 0 Å². The van der Waals surface area contributed by atoms with Crippen molar-refractivity contribution >= 4 is 0 Å². The lowest BCUT2D eigenvalue weighted by atomic mass is 10.1. The Labute approximate surface area is 107 Å². The Morgan fingerprint density at radius 3 is 2.61 bits per heavy atom. The fraction of sp³-hybridized carbons (Fsp3) is 0.357. The monoisotopic (exact) mass is 247 g/mol. The number of ether oxygens (including phenoxy) is 2. The number of aryl methyl sites for hydroxylation is 1. The molecule has 0 amide bonds. The smallest absolute Gasteiger partial charge is 0.305 e. The van der Waals surface area contributed by atoms with Gasteiger partial charge in [0.15, 0.2) is 0 Å². The zero-order valence-electron chi connectivity index (χ0n) is 10.9. The van der Waals surface area contributed by atoms with Crippen LogP contribution in [0.3, 0.4) is 0 Å². The van der Waals surface area contributed by atoms with Gasteiger partial charge in [0, 0.05) is 5.56 Å². The summed E-state index contributed by atoms with van der Waals surface area (Å²) in [5.41, 5.74) is 1.98. The minimum atomic E-state index is 0.444. The summed E-state index contributed by atoms with van der Waals surface area (Å²) < 4.78 is 16.2. The summed E-state index contributed by atoms with van der Waals surface area (Å²) in [4.78, 5) is 4.19. The molecule has 0 aliphatic rings. The molecule has 4 nitrogen and oxygen atoms in total. The molecule has 0 N–H and O–H groups in total. The number of hydrogen-bond acceptors (Lipinski definition) is 4. The lowest BCUT2D eigenvalue weighted by Gasteiger charge is -2.07. The van der Waals surface area contributed by atoms with Crippen LogP contribution in [0.5, 0.6) is 11.7 Å². The lowest BCUT2D eigenvalue weighted by Crippen LogP contribution is -1.94. The van der Waals surface area contributed by atoms with Crippen molar-refractivity contribution < 1.29 is 13.9 Å². The second-order valence-electron chi connectivity index (χ2n) is 3.83. The third-order valence-electron chi connectivity index (χ3n) is 2.49. The van der Waals surface area contributed by atoms with Crippen LogP contribution in [0.1, 0.15) is 19.4 Å². The van der Waals surface area contributed by atoms with Gasteiger partial charge in [-0.1, -0.05) is 0 Å². The van der Waals surface area contributed by atoms with E-state index in [0.29, 0.717) is 25.1 Å². The SMILES string of the molecule is CCOc1cnc(-c2ccc(OCC)c(C)c2)o1. The Bertz CT molecular complexity index is 520. The van der Waals surface area contributed by atoms with Gasteiger partial charge in [0.1, 0.15) is 11.9 Å². The van der Waals surface area contributed by atoms with Crippen LogP contribution in [0, 0.1) is 6.92 Å². The molecule has 1 aromatic heterocycles. The quantitative estimate of drug-likeness (QED) is 0.811. The highest BCUT2D eigenvalue weighted by molar-refractivity contribution is 5.57. The first-order valence-electron chi connectivity index (χ1n) is 6.07. The van der Waals surface area contributed by atoms with E-state index in [-0.39, 0.29) is 0 Å². The second kappa shape index (κ2) is 5.58. The molecular weight excluding hydrogens is 230 g/mol. The highest BCUT2D eigenvalue weighted by atomic mass is 16.6. The molecule has 0 saturated heterocycles. The number of oxazole rings is 1. The van der Waals surface area contributed by atoms with Crippen LogP contribution in [-0.2, 0) is 0 Å². The first-order valence-corrected chi connectivity index (χ1v) is 6.07. The molecular formula is C14H17NO3. The van der Waals surface area contributed by atoms with Crippen LogP contribution in [-0.4, -0.2) is 18.2 Å². The predicted octanol–water partition coefficient (Wildman–Crippen LogP) is 3.45. The molecule has 0 aliphatic heterocycles. The van der Waals surface area contributed by atoms with Crippen molar-refractivity contribution in [3.8, 4) is 23.1 Å². The molecule has 2 aromatic rings. The average molecular weight is 247 g/mol. The van der Waals surface area contributed by atoms with Gasteiger partial charge in [0.05, 0.1) is 13.2 Å². The first kappa shape index (κ1) is 12.5. The minimum absolute atomic E-state index is 0.444. The molecule has 4 heteroatoms. The molecule has 1 heterocycles. The van der Waals surface area contributed by atoms with E-state index in [1.165, 1.54) is 0 Å². The highest BCUT2D eigenvalue weighted by Crippen LogP contribution is 2.27. The Kier molecular flexibility index (Phi) is 3.87. The molecule has 2 rings (SSSR count). The Morgan fingerprint density at radius 2 is 1.94 bits per heavy atom. The lowest BCUT2D eigenvalue weighted by molar-refractivity contribution is 0.260. The third kappa shape index (κ3) is 2.64. The first-order chi connectivity index (χ1) is 8.74. The molecule has 18 heavy (non-hydrogen) atoms. The third-order valence-corrected chi connectivity index (χ3v) is 2.49. The maximum Gasteiger partial charge on any atom is 0.305 e. The van der Waals surface area contributed by atoms with Gasteiger partial charge in [-0.2, -0.15) is 0 Å². The van der Waals surface area contributed by atoms with Gasteiger partial charge >= 0.3 is 5.95 Å². The van der Waals surface area contributed by atoms with Crippen molar-refractivity contribution in [3.05, 3.63) is 30.0 Å². The van der Waals surface area contributed by atoms with Crippen molar-refractivity contribution in [1.29, 1.82) is 0 Å². The number of aromatic nitrogens is 1. The highest BCUT2D eigenvalue weighted by Gasteiger charge is 2.09. The summed E-state index contributed by atoms with van der Waals surface area (Å²) in [6.45, 7) is 7.10. The van der Waals surface area contributed by atoms with E-state index in [4.69, 9.17) is 13.9 Å². The van der Waals surface area contributed by atoms with E-state index in [1.807, 2.05) is 39.0 Å². The largest absolute Gasteiger partial charge is 0.494 e. The Balaban J connectivity index is 2.24.